The van der Waals surface area contributed by atoms with Crippen LogP contribution < -0.4 is 0 Å². The van der Waals surface area contributed by atoms with E-state index < -0.39 is 11.6 Å². The van der Waals surface area contributed by atoms with Crippen LogP contribution in [0.3, 0.4) is 0 Å². The van der Waals surface area contributed by atoms with Gasteiger partial charge in [-0.25, -0.2) is 0 Å². The Hall–Kier alpha value is -2.34. The molecule has 1 aliphatic carbocycles. The van der Waals surface area contributed by atoms with Crippen LogP contribution in [0.4, 0.5) is 13.2 Å². The smallest absolute Gasteiger partial charge is 0.371 e. The first-order valence-corrected chi connectivity index (χ1v) is 13.5. The van der Waals surface area contributed by atoms with E-state index in [9.17, 15) is 13.2 Å². The van der Waals surface area contributed by atoms with Gasteiger partial charge in [-0.2, -0.15) is 13.2 Å². The van der Waals surface area contributed by atoms with Crippen molar-refractivity contribution in [2.45, 2.75) is 58.0 Å². The van der Waals surface area contributed by atoms with Crippen LogP contribution in [-0.2, 0) is 6.42 Å². The van der Waals surface area contributed by atoms with Crippen molar-refractivity contribution in [2.24, 2.45) is 17.3 Å². The number of aryl methyl sites for hydroxylation is 1. The summed E-state index contributed by atoms with van der Waals surface area (Å²) in [5.74, 6) is 1.31. The van der Waals surface area contributed by atoms with Crippen molar-refractivity contribution in [3.63, 3.8) is 0 Å². The van der Waals surface area contributed by atoms with Gasteiger partial charge < -0.3 is 9.80 Å². The highest BCUT2D eigenvalue weighted by molar-refractivity contribution is 5.68. The van der Waals surface area contributed by atoms with Crippen molar-refractivity contribution < 1.29 is 13.2 Å². The molecule has 0 bridgehead atoms. The van der Waals surface area contributed by atoms with Crippen LogP contribution in [0.25, 0.3) is 16.8 Å². The van der Waals surface area contributed by atoms with Gasteiger partial charge in [0, 0.05) is 42.8 Å². The first-order valence-electron chi connectivity index (χ1n) is 13.5. The number of pyridine rings is 1. The van der Waals surface area contributed by atoms with Gasteiger partial charge in [0.25, 0.3) is 0 Å². The Kier molecular flexibility index (Phi) is 7.17. The molecule has 36 heavy (non-hydrogen) atoms. The number of piperidine rings is 1. The molecule has 1 saturated carbocycles. The van der Waals surface area contributed by atoms with Gasteiger partial charge in [0.15, 0.2) is 0 Å². The van der Waals surface area contributed by atoms with Gasteiger partial charge in [-0.15, -0.1) is 0 Å². The second kappa shape index (κ2) is 10.2. The molecule has 2 aliphatic heterocycles. The highest BCUT2D eigenvalue weighted by Gasteiger charge is 2.63. The lowest BCUT2D eigenvalue weighted by atomic mass is 9.90. The summed E-state index contributed by atoms with van der Waals surface area (Å²) in [5, 5.41) is 0. The highest BCUT2D eigenvalue weighted by atomic mass is 19.4. The van der Waals surface area contributed by atoms with Crippen molar-refractivity contribution in [3.05, 3.63) is 60.4 Å². The first kappa shape index (κ1) is 25.3. The summed E-state index contributed by atoms with van der Waals surface area (Å²) >= 11 is 0. The molecule has 0 spiro atoms. The van der Waals surface area contributed by atoms with Gasteiger partial charge in [0.2, 0.25) is 0 Å². The normalized spacial score (nSPS) is 22.7. The molecule has 0 radical (unpaired) electrons. The Bertz CT molecular complexity index is 1030. The number of likely N-dealkylation sites (tertiary alicyclic amines) is 2. The maximum Gasteiger partial charge on any atom is 0.395 e. The molecule has 6 heteroatoms. The number of hydrogen-bond donors (Lipinski definition) is 0. The zero-order chi connectivity index (χ0) is 25.3. The van der Waals surface area contributed by atoms with Crippen molar-refractivity contribution in [3.8, 4) is 11.1 Å². The van der Waals surface area contributed by atoms with Crippen molar-refractivity contribution in [2.75, 3.05) is 32.7 Å². The van der Waals surface area contributed by atoms with Gasteiger partial charge in [-0.05, 0) is 87.1 Å². The largest absolute Gasteiger partial charge is 0.395 e. The zero-order valence-corrected chi connectivity index (χ0v) is 21.4. The summed E-state index contributed by atoms with van der Waals surface area (Å²) < 4.78 is 39.8. The Morgan fingerprint density at radius 2 is 1.69 bits per heavy atom. The minimum Gasteiger partial charge on any atom is -0.371 e. The van der Waals surface area contributed by atoms with E-state index >= 15 is 0 Å². The molecule has 0 N–H and O–H groups in total. The lowest BCUT2D eigenvalue weighted by Gasteiger charge is -2.35. The second-order valence-corrected chi connectivity index (χ2v) is 11.4. The van der Waals surface area contributed by atoms with Gasteiger partial charge in [0.1, 0.15) is 0 Å². The zero-order valence-electron chi connectivity index (χ0n) is 21.4. The topological polar surface area (TPSA) is 19.4 Å². The monoisotopic (exact) mass is 497 g/mol. The summed E-state index contributed by atoms with van der Waals surface area (Å²) in [6, 6.07) is 12.9. The van der Waals surface area contributed by atoms with Crippen LogP contribution in [0, 0.1) is 17.3 Å². The molecule has 2 saturated heterocycles. The second-order valence-electron chi connectivity index (χ2n) is 11.4. The molecule has 3 nitrogen and oxygen atoms in total. The number of alkyl halides is 3. The van der Waals surface area contributed by atoms with E-state index in [4.69, 9.17) is 4.98 Å². The lowest BCUT2D eigenvalue weighted by Crippen LogP contribution is -2.42. The summed E-state index contributed by atoms with van der Waals surface area (Å²) in [5.41, 5.74) is 4.22. The fourth-order valence-electron chi connectivity index (χ4n) is 5.86. The van der Waals surface area contributed by atoms with Crippen LogP contribution in [0.15, 0.2) is 49.2 Å². The molecule has 1 aromatic heterocycles. The van der Waals surface area contributed by atoms with E-state index in [1.165, 1.54) is 12.0 Å². The number of nitrogens with zero attached hydrogens (tertiary/aromatic N) is 3. The number of hydrogen-bond acceptors (Lipinski definition) is 3. The first-order chi connectivity index (χ1) is 17.2. The average molecular weight is 498 g/mol. The Balaban J connectivity index is 1.08. The SMILES string of the molecule is C=C(c1ccc(-c2ccc(CCC3CCN(CC4(C(F)(F)F)CC4)CC3)nc2)cc1)N1CCC(C)C1. The number of halogens is 3. The predicted octanol–water partition coefficient (Wildman–Crippen LogP) is 7.05. The Morgan fingerprint density at radius 3 is 2.25 bits per heavy atom. The predicted molar refractivity (Wildman–Crippen MR) is 139 cm³/mol. The Labute approximate surface area is 213 Å². The molecule has 2 aromatic rings. The molecule has 3 fully saturated rings. The minimum atomic E-state index is -4.05. The molecular formula is C30H38F3N3. The quantitative estimate of drug-likeness (QED) is 0.390. The summed E-state index contributed by atoms with van der Waals surface area (Å²) in [6.45, 7) is 10.5. The fraction of sp³-hybridized carbons (Fsp3) is 0.567. The minimum absolute atomic E-state index is 0.193. The van der Waals surface area contributed by atoms with E-state index in [0.29, 0.717) is 18.8 Å². The van der Waals surface area contributed by atoms with Crippen LogP contribution in [-0.4, -0.2) is 53.7 Å². The van der Waals surface area contributed by atoms with Gasteiger partial charge in [-0.1, -0.05) is 43.8 Å². The maximum absolute atomic E-state index is 13.3. The van der Waals surface area contributed by atoms with Crippen LogP contribution in [0.1, 0.15) is 56.7 Å². The highest BCUT2D eigenvalue weighted by Crippen LogP contribution is 2.58. The maximum atomic E-state index is 13.3. The van der Waals surface area contributed by atoms with Crippen molar-refractivity contribution >= 4 is 5.70 Å². The molecule has 1 unspecified atom stereocenters. The van der Waals surface area contributed by atoms with E-state index in [1.54, 1.807) is 0 Å². The molecular weight excluding hydrogens is 459 g/mol. The van der Waals surface area contributed by atoms with Gasteiger partial charge >= 0.3 is 6.18 Å². The molecule has 5 rings (SSSR count). The standard InChI is InChI=1S/C30H38F3N3/c1-22-11-18-36(20-22)23(2)25-4-6-26(7-5-25)27-8-10-28(34-19-27)9-3-24-12-16-35(17-13-24)21-29(14-15-29)30(31,32)33/h4-8,10,19,22,24H,2-3,9,11-18,20-21H2,1H3. The molecule has 3 heterocycles. The van der Waals surface area contributed by atoms with Gasteiger partial charge in [-0.3, -0.25) is 4.98 Å². The average Bonchev–Trinajstić information content (AvgIpc) is 3.55. The summed E-state index contributed by atoms with van der Waals surface area (Å²) in [7, 11) is 0. The van der Waals surface area contributed by atoms with Crippen molar-refractivity contribution in [1.82, 2.24) is 14.8 Å². The molecule has 0 amide bonds. The lowest BCUT2D eigenvalue weighted by molar-refractivity contribution is -0.192. The Morgan fingerprint density at radius 1 is 1.00 bits per heavy atom. The third-order valence-corrected chi connectivity index (χ3v) is 8.68. The third kappa shape index (κ3) is 5.64. The molecule has 194 valence electrons. The number of benzene rings is 1. The third-order valence-electron chi connectivity index (χ3n) is 8.68. The van der Waals surface area contributed by atoms with Gasteiger partial charge in [0.05, 0.1) is 5.41 Å². The van der Waals surface area contributed by atoms with Crippen LogP contribution >= 0.6 is 0 Å². The van der Waals surface area contributed by atoms with E-state index in [0.717, 1.165) is 80.3 Å². The molecule has 1 atom stereocenters. The molecule has 1 aromatic carbocycles. The van der Waals surface area contributed by atoms with Crippen molar-refractivity contribution in [1.29, 1.82) is 0 Å². The number of aromatic nitrogens is 1. The summed E-state index contributed by atoms with van der Waals surface area (Å²) in [6.07, 6.45) is 3.68. The van der Waals surface area contributed by atoms with E-state index in [1.807, 2.05) is 11.1 Å². The molecule has 3 aliphatic rings. The van der Waals surface area contributed by atoms with E-state index in [2.05, 4.69) is 54.8 Å². The van der Waals surface area contributed by atoms with E-state index in [-0.39, 0.29) is 6.54 Å². The fourth-order valence-corrected chi connectivity index (χ4v) is 5.86. The number of rotatable bonds is 8. The summed E-state index contributed by atoms with van der Waals surface area (Å²) in [4.78, 5) is 9.12. The van der Waals surface area contributed by atoms with Crippen LogP contribution in [0.2, 0.25) is 0 Å². The van der Waals surface area contributed by atoms with Crippen LogP contribution in [0.5, 0.6) is 0 Å².